The van der Waals surface area contributed by atoms with E-state index in [2.05, 4.69) is 0 Å². The molecule has 0 spiro atoms. The first kappa shape index (κ1) is 11.6. The Bertz CT molecular complexity index is 260. The third-order valence-electron chi connectivity index (χ3n) is 1.83. The van der Waals surface area contributed by atoms with Crippen molar-refractivity contribution in [1.82, 2.24) is 0 Å². The minimum atomic E-state index is -0.624. The Labute approximate surface area is 88.1 Å². The molecule has 0 bridgehead atoms. The normalized spacial score (nSPS) is 13.1. The predicted molar refractivity (Wildman–Crippen MR) is 57.3 cm³/mol. The molecule has 2 N–H and O–H groups in total. The summed E-state index contributed by atoms with van der Waals surface area (Å²) in [5.41, 5.74) is 0. The van der Waals surface area contributed by atoms with E-state index < -0.39 is 6.10 Å². The van der Waals surface area contributed by atoms with Crippen LogP contribution in [-0.4, -0.2) is 28.7 Å². The van der Waals surface area contributed by atoms with Crippen LogP contribution in [0.5, 0.6) is 0 Å². The highest BCUT2D eigenvalue weighted by Gasteiger charge is 2.04. The average molecular weight is 216 g/mol. The Balaban J connectivity index is 2.24. The molecule has 0 radical (unpaired) electrons. The summed E-state index contributed by atoms with van der Waals surface area (Å²) < 4.78 is 5.48. The molecule has 1 aromatic rings. The first-order chi connectivity index (χ1) is 6.76. The van der Waals surface area contributed by atoms with Crippen LogP contribution in [0.2, 0.25) is 0 Å². The molecule has 14 heavy (non-hydrogen) atoms. The van der Waals surface area contributed by atoms with Crippen LogP contribution in [-0.2, 0) is 12.2 Å². The Morgan fingerprint density at radius 2 is 2.14 bits per heavy atom. The fourth-order valence-corrected chi connectivity index (χ4v) is 1.89. The number of aryl methyl sites for hydroxylation is 1. The largest absolute Gasteiger partial charge is 0.465 e. The standard InChI is InChI=1S/C10H16O3S/c1-2-9-3-4-10(13-9)7-14-6-8(12)5-11/h3-4,8,11-12H,2,5-7H2,1H3. The maximum atomic E-state index is 9.09. The molecule has 0 saturated heterocycles. The van der Waals surface area contributed by atoms with E-state index in [0.29, 0.717) is 5.75 Å². The number of thioether (sulfide) groups is 1. The molecule has 0 amide bonds. The zero-order chi connectivity index (χ0) is 10.4. The van der Waals surface area contributed by atoms with E-state index in [1.54, 1.807) is 11.8 Å². The van der Waals surface area contributed by atoms with Gasteiger partial charge in [-0.1, -0.05) is 6.92 Å². The molecule has 4 heteroatoms. The molecule has 1 aromatic heterocycles. The van der Waals surface area contributed by atoms with Crippen molar-refractivity contribution in [2.75, 3.05) is 12.4 Å². The van der Waals surface area contributed by atoms with Gasteiger partial charge in [0.1, 0.15) is 11.5 Å². The van der Waals surface area contributed by atoms with Crippen molar-refractivity contribution in [3.8, 4) is 0 Å². The van der Waals surface area contributed by atoms with Crippen molar-refractivity contribution in [2.24, 2.45) is 0 Å². The van der Waals surface area contributed by atoms with Gasteiger partial charge in [-0.15, -0.1) is 0 Å². The van der Waals surface area contributed by atoms with Gasteiger partial charge in [0.05, 0.1) is 18.5 Å². The van der Waals surface area contributed by atoms with Gasteiger partial charge in [0, 0.05) is 12.2 Å². The quantitative estimate of drug-likeness (QED) is 0.755. The van der Waals surface area contributed by atoms with Crippen LogP contribution in [0.3, 0.4) is 0 Å². The Hall–Kier alpha value is -0.450. The van der Waals surface area contributed by atoms with E-state index in [9.17, 15) is 0 Å². The highest BCUT2D eigenvalue weighted by Crippen LogP contribution is 2.16. The number of furan rings is 1. The molecule has 0 saturated carbocycles. The number of rotatable bonds is 6. The molecular weight excluding hydrogens is 200 g/mol. The van der Waals surface area contributed by atoms with Crippen LogP contribution >= 0.6 is 11.8 Å². The van der Waals surface area contributed by atoms with Crippen molar-refractivity contribution in [3.63, 3.8) is 0 Å². The number of aliphatic hydroxyl groups excluding tert-OH is 2. The summed E-state index contributed by atoms with van der Waals surface area (Å²) in [5, 5.41) is 17.7. The lowest BCUT2D eigenvalue weighted by molar-refractivity contribution is 0.113. The van der Waals surface area contributed by atoms with E-state index in [4.69, 9.17) is 14.6 Å². The van der Waals surface area contributed by atoms with Gasteiger partial charge in [-0.05, 0) is 12.1 Å². The summed E-state index contributed by atoms with van der Waals surface area (Å²) in [6.07, 6.45) is 0.282. The number of hydrogen-bond donors (Lipinski definition) is 2. The zero-order valence-corrected chi connectivity index (χ0v) is 9.09. The lowest BCUT2D eigenvalue weighted by atomic mass is 10.4. The summed E-state index contributed by atoms with van der Waals surface area (Å²) in [5.74, 6) is 3.20. The molecule has 1 heterocycles. The van der Waals surface area contributed by atoms with Crippen LogP contribution in [0.15, 0.2) is 16.5 Å². The Morgan fingerprint density at radius 3 is 2.71 bits per heavy atom. The van der Waals surface area contributed by atoms with Crippen LogP contribution < -0.4 is 0 Å². The van der Waals surface area contributed by atoms with Crippen LogP contribution in [0, 0.1) is 0 Å². The molecule has 1 rings (SSSR count). The van der Waals surface area contributed by atoms with Crippen molar-refractivity contribution in [3.05, 3.63) is 23.7 Å². The molecule has 3 nitrogen and oxygen atoms in total. The van der Waals surface area contributed by atoms with Crippen molar-refractivity contribution >= 4 is 11.8 Å². The second-order valence-corrected chi connectivity index (χ2v) is 4.10. The first-order valence-corrected chi connectivity index (χ1v) is 5.86. The zero-order valence-electron chi connectivity index (χ0n) is 8.27. The van der Waals surface area contributed by atoms with Crippen LogP contribution in [0.25, 0.3) is 0 Å². The van der Waals surface area contributed by atoms with E-state index >= 15 is 0 Å². The lowest BCUT2D eigenvalue weighted by Gasteiger charge is -2.04. The number of aliphatic hydroxyl groups is 2. The minimum absolute atomic E-state index is 0.175. The van der Waals surface area contributed by atoms with E-state index in [1.165, 1.54) is 0 Å². The summed E-state index contributed by atoms with van der Waals surface area (Å²) >= 11 is 1.56. The van der Waals surface area contributed by atoms with Gasteiger partial charge >= 0.3 is 0 Å². The lowest BCUT2D eigenvalue weighted by Crippen LogP contribution is -2.14. The maximum Gasteiger partial charge on any atom is 0.114 e. The predicted octanol–water partition coefficient (Wildman–Crippen LogP) is 1.43. The minimum Gasteiger partial charge on any atom is -0.465 e. The Morgan fingerprint density at radius 1 is 1.43 bits per heavy atom. The smallest absolute Gasteiger partial charge is 0.114 e. The molecule has 0 fully saturated rings. The van der Waals surface area contributed by atoms with E-state index in [0.717, 1.165) is 23.7 Å². The Kier molecular flexibility index (Phi) is 5.07. The van der Waals surface area contributed by atoms with Crippen LogP contribution in [0.1, 0.15) is 18.4 Å². The SMILES string of the molecule is CCc1ccc(CSCC(O)CO)o1. The molecule has 1 unspecified atom stereocenters. The summed E-state index contributed by atoms with van der Waals surface area (Å²) in [4.78, 5) is 0. The van der Waals surface area contributed by atoms with Gasteiger partial charge < -0.3 is 14.6 Å². The third-order valence-corrected chi connectivity index (χ3v) is 2.94. The van der Waals surface area contributed by atoms with Gasteiger partial charge in [0.25, 0.3) is 0 Å². The first-order valence-electron chi connectivity index (χ1n) is 4.70. The summed E-state index contributed by atoms with van der Waals surface area (Å²) in [6.45, 7) is 1.87. The summed E-state index contributed by atoms with van der Waals surface area (Å²) in [7, 11) is 0. The molecular formula is C10H16O3S. The maximum absolute atomic E-state index is 9.09. The monoisotopic (exact) mass is 216 g/mol. The highest BCUT2D eigenvalue weighted by molar-refractivity contribution is 7.98. The molecule has 0 aliphatic heterocycles. The molecule has 0 aliphatic carbocycles. The molecule has 80 valence electrons. The van der Waals surface area contributed by atoms with Gasteiger partial charge in [-0.2, -0.15) is 11.8 Å². The van der Waals surface area contributed by atoms with Gasteiger partial charge in [-0.3, -0.25) is 0 Å². The third kappa shape index (κ3) is 3.74. The van der Waals surface area contributed by atoms with Crippen LogP contribution in [0.4, 0.5) is 0 Å². The van der Waals surface area contributed by atoms with Gasteiger partial charge in [0.2, 0.25) is 0 Å². The second-order valence-electron chi connectivity index (χ2n) is 3.07. The average Bonchev–Trinajstić information content (AvgIpc) is 2.65. The van der Waals surface area contributed by atoms with Crippen molar-refractivity contribution in [2.45, 2.75) is 25.2 Å². The number of hydrogen-bond acceptors (Lipinski definition) is 4. The molecule has 0 aliphatic rings. The van der Waals surface area contributed by atoms with Gasteiger partial charge in [-0.25, -0.2) is 0 Å². The fourth-order valence-electron chi connectivity index (χ4n) is 1.04. The van der Waals surface area contributed by atoms with Gasteiger partial charge in [0.15, 0.2) is 0 Å². The van der Waals surface area contributed by atoms with E-state index in [1.807, 2.05) is 19.1 Å². The van der Waals surface area contributed by atoms with Crippen molar-refractivity contribution < 1.29 is 14.6 Å². The highest BCUT2D eigenvalue weighted by atomic mass is 32.2. The molecule has 1 atom stereocenters. The topological polar surface area (TPSA) is 53.6 Å². The fraction of sp³-hybridized carbons (Fsp3) is 0.600. The van der Waals surface area contributed by atoms with Crippen molar-refractivity contribution in [1.29, 1.82) is 0 Å². The summed E-state index contributed by atoms with van der Waals surface area (Å²) in [6, 6.07) is 3.93. The van der Waals surface area contributed by atoms with E-state index in [-0.39, 0.29) is 6.61 Å². The molecule has 0 aromatic carbocycles. The second kappa shape index (κ2) is 6.11.